The van der Waals surface area contributed by atoms with Gasteiger partial charge in [-0.3, -0.25) is 4.79 Å². The first-order valence-electron chi connectivity index (χ1n) is 6.28. The lowest BCUT2D eigenvalue weighted by atomic mass is 9.94. The van der Waals surface area contributed by atoms with E-state index in [1.54, 1.807) is 0 Å². The van der Waals surface area contributed by atoms with Crippen LogP contribution in [-0.4, -0.2) is 25.0 Å². The van der Waals surface area contributed by atoms with Crippen LogP contribution in [-0.2, 0) is 4.79 Å². The number of rotatable bonds is 2. The van der Waals surface area contributed by atoms with E-state index in [0.29, 0.717) is 23.8 Å². The van der Waals surface area contributed by atoms with Gasteiger partial charge in [-0.05, 0) is 38.3 Å². The summed E-state index contributed by atoms with van der Waals surface area (Å²) in [6.45, 7) is 4.29. The molecule has 1 saturated heterocycles. The summed E-state index contributed by atoms with van der Waals surface area (Å²) in [5.74, 6) is 1.20. The Bertz CT molecular complexity index is 224. The molecule has 1 aliphatic carbocycles. The lowest BCUT2D eigenvalue weighted by Crippen LogP contribution is -2.49. The molecular weight excluding hydrogens is 188 g/mol. The van der Waals surface area contributed by atoms with Crippen LogP contribution in [0.4, 0.5) is 0 Å². The van der Waals surface area contributed by atoms with Crippen molar-refractivity contribution in [2.24, 2.45) is 11.8 Å². The molecule has 1 aliphatic heterocycles. The summed E-state index contributed by atoms with van der Waals surface area (Å²) in [6, 6.07) is 0.402. The number of hydrogen-bond acceptors (Lipinski definition) is 2. The second-order valence-electron chi connectivity index (χ2n) is 5.07. The van der Waals surface area contributed by atoms with Crippen molar-refractivity contribution in [1.29, 1.82) is 0 Å². The fourth-order valence-corrected chi connectivity index (χ4v) is 2.72. The van der Waals surface area contributed by atoms with Crippen molar-refractivity contribution >= 4 is 5.91 Å². The molecule has 1 saturated carbocycles. The Labute approximate surface area is 92.0 Å². The summed E-state index contributed by atoms with van der Waals surface area (Å²) in [7, 11) is 0. The summed E-state index contributed by atoms with van der Waals surface area (Å²) in [4.78, 5) is 11.9. The molecule has 86 valence electrons. The number of carbonyl (C=O) groups excluding carboxylic acids is 1. The van der Waals surface area contributed by atoms with E-state index in [1.165, 1.54) is 12.8 Å². The zero-order chi connectivity index (χ0) is 10.7. The third-order valence-corrected chi connectivity index (χ3v) is 3.84. The third-order valence-electron chi connectivity index (χ3n) is 3.84. The Hall–Kier alpha value is -0.570. The second kappa shape index (κ2) is 4.97. The van der Waals surface area contributed by atoms with Gasteiger partial charge in [-0.1, -0.05) is 19.8 Å². The van der Waals surface area contributed by atoms with Crippen molar-refractivity contribution in [2.45, 2.75) is 45.1 Å². The number of piperidine rings is 1. The van der Waals surface area contributed by atoms with Gasteiger partial charge in [-0.2, -0.15) is 0 Å². The van der Waals surface area contributed by atoms with Crippen LogP contribution >= 0.6 is 0 Å². The molecule has 2 unspecified atom stereocenters. The minimum absolute atomic E-state index is 0.311. The van der Waals surface area contributed by atoms with E-state index < -0.39 is 0 Å². The first-order valence-corrected chi connectivity index (χ1v) is 6.28. The number of carbonyl (C=O) groups is 1. The van der Waals surface area contributed by atoms with Gasteiger partial charge in [0.25, 0.3) is 0 Å². The van der Waals surface area contributed by atoms with E-state index in [1.807, 2.05) is 0 Å². The molecule has 15 heavy (non-hydrogen) atoms. The van der Waals surface area contributed by atoms with E-state index in [-0.39, 0.29) is 0 Å². The highest BCUT2D eigenvalue weighted by Gasteiger charge is 2.27. The minimum atomic E-state index is 0.311. The smallest absolute Gasteiger partial charge is 0.223 e. The van der Waals surface area contributed by atoms with Crippen LogP contribution < -0.4 is 10.6 Å². The molecule has 0 aromatic carbocycles. The van der Waals surface area contributed by atoms with Gasteiger partial charge in [0.05, 0.1) is 0 Å². The van der Waals surface area contributed by atoms with Gasteiger partial charge >= 0.3 is 0 Å². The van der Waals surface area contributed by atoms with Crippen LogP contribution in [0.25, 0.3) is 0 Å². The molecule has 0 aromatic rings. The average molecular weight is 210 g/mol. The molecule has 2 N–H and O–H groups in total. The average Bonchev–Trinajstić information content (AvgIpc) is 2.74. The number of hydrogen-bond donors (Lipinski definition) is 2. The van der Waals surface area contributed by atoms with E-state index in [9.17, 15) is 4.79 Å². The number of nitrogens with one attached hydrogen (secondary N) is 2. The second-order valence-corrected chi connectivity index (χ2v) is 5.07. The normalized spacial score (nSPS) is 32.9. The zero-order valence-corrected chi connectivity index (χ0v) is 9.59. The molecule has 0 radical (unpaired) electrons. The maximum absolute atomic E-state index is 11.9. The lowest BCUT2D eigenvalue weighted by molar-refractivity contribution is -0.126. The van der Waals surface area contributed by atoms with Crippen LogP contribution in [0.5, 0.6) is 0 Å². The summed E-state index contributed by atoms with van der Waals surface area (Å²) in [5, 5.41) is 6.59. The Balaban J connectivity index is 1.81. The molecular formula is C12H22N2O. The molecule has 1 amide bonds. The van der Waals surface area contributed by atoms with Crippen LogP contribution in [0.15, 0.2) is 0 Å². The summed E-state index contributed by atoms with van der Waals surface area (Å²) in [6.07, 6.45) is 5.76. The zero-order valence-electron chi connectivity index (χ0n) is 9.59. The van der Waals surface area contributed by atoms with Crippen molar-refractivity contribution in [3.8, 4) is 0 Å². The van der Waals surface area contributed by atoms with Gasteiger partial charge in [0.1, 0.15) is 0 Å². The van der Waals surface area contributed by atoms with Crippen molar-refractivity contribution in [1.82, 2.24) is 10.6 Å². The van der Waals surface area contributed by atoms with E-state index >= 15 is 0 Å². The first kappa shape index (κ1) is 10.9. The summed E-state index contributed by atoms with van der Waals surface area (Å²) >= 11 is 0. The van der Waals surface area contributed by atoms with Crippen LogP contribution in [0.1, 0.15) is 39.0 Å². The van der Waals surface area contributed by atoms with E-state index in [2.05, 4.69) is 17.6 Å². The fourth-order valence-electron chi connectivity index (χ4n) is 2.72. The topological polar surface area (TPSA) is 41.1 Å². The third kappa shape index (κ3) is 2.71. The Kier molecular flexibility index (Phi) is 3.62. The first-order chi connectivity index (χ1) is 7.27. The van der Waals surface area contributed by atoms with Crippen molar-refractivity contribution in [3.05, 3.63) is 0 Å². The monoisotopic (exact) mass is 210 g/mol. The molecule has 1 heterocycles. The molecule has 0 bridgehead atoms. The SMILES string of the molecule is CC1CNCCC1NC(=O)C1CCCC1. The van der Waals surface area contributed by atoms with Gasteiger partial charge in [0, 0.05) is 12.0 Å². The highest BCUT2D eigenvalue weighted by atomic mass is 16.1. The van der Waals surface area contributed by atoms with Crippen LogP contribution in [0.3, 0.4) is 0 Å². The molecule has 3 heteroatoms. The van der Waals surface area contributed by atoms with Crippen molar-refractivity contribution in [2.75, 3.05) is 13.1 Å². The Morgan fingerprint density at radius 1 is 1.27 bits per heavy atom. The summed E-state index contributed by atoms with van der Waals surface area (Å²) in [5.41, 5.74) is 0. The standard InChI is InChI=1S/C12H22N2O/c1-9-8-13-7-6-11(9)14-12(15)10-4-2-3-5-10/h9-11,13H,2-8H2,1H3,(H,14,15). The van der Waals surface area contributed by atoms with Crippen molar-refractivity contribution in [3.63, 3.8) is 0 Å². The lowest BCUT2D eigenvalue weighted by Gasteiger charge is -2.31. The highest BCUT2D eigenvalue weighted by Crippen LogP contribution is 2.25. The summed E-state index contributed by atoms with van der Waals surface area (Å²) < 4.78 is 0. The predicted molar refractivity (Wildman–Crippen MR) is 60.5 cm³/mol. The molecule has 2 fully saturated rings. The predicted octanol–water partition coefficient (Wildman–Crippen LogP) is 1.29. The molecule has 3 nitrogen and oxygen atoms in total. The van der Waals surface area contributed by atoms with Gasteiger partial charge < -0.3 is 10.6 Å². The largest absolute Gasteiger partial charge is 0.353 e. The molecule has 2 rings (SSSR count). The van der Waals surface area contributed by atoms with E-state index in [0.717, 1.165) is 32.4 Å². The quantitative estimate of drug-likeness (QED) is 0.721. The molecule has 0 aromatic heterocycles. The van der Waals surface area contributed by atoms with E-state index in [4.69, 9.17) is 0 Å². The molecule has 0 spiro atoms. The highest BCUT2D eigenvalue weighted by molar-refractivity contribution is 5.79. The Morgan fingerprint density at radius 2 is 2.00 bits per heavy atom. The Morgan fingerprint density at radius 3 is 2.67 bits per heavy atom. The fraction of sp³-hybridized carbons (Fsp3) is 0.917. The molecule has 2 aliphatic rings. The van der Waals surface area contributed by atoms with Gasteiger partial charge in [0.2, 0.25) is 5.91 Å². The van der Waals surface area contributed by atoms with Gasteiger partial charge in [-0.15, -0.1) is 0 Å². The van der Waals surface area contributed by atoms with Gasteiger partial charge in [0.15, 0.2) is 0 Å². The maximum atomic E-state index is 11.9. The minimum Gasteiger partial charge on any atom is -0.353 e. The van der Waals surface area contributed by atoms with Gasteiger partial charge in [-0.25, -0.2) is 0 Å². The number of amides is 1. The maximum Gasteiger partial charge on any atom is 0.223 e. The molecule has 2 atom stereocenters. The van der Waals surface area contributed by atoms with Crippen molar-refractivity contribution < 1.29 is 4.79 Å². The van der Waals surface area contributed by atoms with Crippen LogP contribution in [0.2, 0.25) is 0 Å². The van der Waals surface area contributed by atoms with Crippen LogP contribution in [0, 0.1) is 11.8 Å².